The molecule has 9 nitrogen and oxygen atoms in total. The van der Waals surface area contributed by atoms with Crippen molar-refractivity contribution in [3.63, 3.8) is 0 Å². The van der Waals surface area contributed by atoms with Gasteiger partial charge in [-0.25, -0.2) is 9.18 Å². The predicted octanol–water partition coefficient (Wildman–Crippen LogP) is 9.66. The van der Waals surface area contributed by atoms with E-state index in [9.17, 15) is 14.0 Å². The van der Waals surface area contributed by atoms with Gasteiger partial charge in [-0.05, 0) is 107 Å². The van der Waals surface area contributed by atoms with Gasteiger partial charge in [-0.1, -0.05) is 61.7 Å². The molecule has 3 aromatic carbocycles. The normalized spacial score (nSPS) is 23.8. The van der Waals surface area contributed by atoms with Gasteiger partial charge >= 0.3 is 6.03 Å². The molecule has 1 unspecified atom stereocenters. The van der Waals surface area contributed by atoms with Crippen LogP contribution in [0, 0.1) is 5.82 Å². The second-order valence-electron chi connectivity index (χ2n) is 16.7. The van der Waals surface area contributed by atoms with Gasteiger partial charge in [0.25, 0.3) is 0 Å². The number of amidine groups is 1. The number of amides is 2. The minimum absolute atomic E-state index is 0.0127. The van der Waals surface area contributed by atoms with E-state index in [1.807, 2.05) is 70.2 Å². The van der Waals surface area contributed by atoms with Gasteiger partial charge in [0.2, 0.25) is 0 Å². The van der Waals surface area contributed by atoms with Gasteiger partial charge < -0.3 is 9.47 Å². The summed E-state index contributed by atoms with van der Waals surface area (Å²) < 4.78 is 25.9. The van der Waals surface area contributed by atoms with E-state index in [0.717, 1.165) is 56.4 Å². The first-order chi connectivity index (χ1) is 28.0. The number of carbonyl (C=O) groups excluding carboxylic acids is 2. The Labute approximate surface area is 345 Å². The molecule has 0 bridgehead atoms. The number of likely N-dealkylation sites (tertiary alicyclic amines) is 2. The summed E-state index contributed by atoms with van der Waals surface area (Å²) in [5.74, 6) is 2.48. The molecule has 3 aliphatic heterocycles. The SMILES string of the molecule is C=CC1CC(=O)CCN1Cc1cccc(OC(C)C)c1.C=C[C@H]1C[C@]2(CCN1Cc1cccc(OC(C)C)c1)C(=NC1CCCCC1)NC(=O)N2c1cccc(F)c1. The third-order valence-corrected chi connectivity index (χ3v) is 11.5. The lowest BCUT2D eigenvalue weighted by molar-refractivity contribution is -0.122. The first-order valence-electron chi connectivity index (χ1n) is 21.2. The van der Waals surface area contributed by atoms with Gasteiger partial charge in [0.1, 0.15) is 34.5 Å². The van der Waals surface area contributed by atoms with Crippen LogP contribution in [0.25, 0.3) is 0 Å². The zero-order valence-electron chi connectivity index (χ0n) is 34.9. The van der Waals surface area contributed by atoms with E-state index in [2.05, 4.69) is 52.5 Å². The summed E-state index contributed by atoms with van der Waals surface area (Å²) in [6.45, 7) is 19.3. The molecule has 3 aromatic rings. The number of halogens is 1. The molecule has 1 saturated carbocycles. The number of hydrogen-bond acceptors (Lipinski definition) is 7. The zero-order valence-corrected chi connectivity index (χ0v) is 34.9. The monoisotopic (exact) mass is 791 g/mol. The molecule has 310 valence electrons. The largest absolute Gasteiger partial charge is 0.491 e. The highest BCUT2D eigenvalue weighted by molar-refractivity contribution is 6.19. The Bertz CT molecular complexity index is 1920. The number of urea groups is 1. The number of hydrogen-bond donors (Lipinski definition) is 1. The number of nitrogens with zero attached hydrogens (tertiary/aromatic N) is 4. The molecule has 1 N–H and O–H groups in total. The van der Waals surface area contributed by atoms with Crippen LogP contribution in [-0.2, 0) is 17.9 Å². The molecule has 4 fully saturated rings. The van der Waals surface area contributed by atoms with E-state index >= 15 is 0 Å². The molecular formula is C48H62FN5O4. The van der Waals surface area contributed by atoms with Gasteiger partial charge in [0.05, 0.1) is 18.2 Å². The number of rotatable bonds is 12. The molecule has 0 aromatic heterocycles. The van der Waals surface area contributed by atoms with Crippen LogP contribution in [0.1, 0.15) is 96.6 Å². The first kappa shape index (κ1) is 42.8. The Morgan fingerprint density at radius 1 is 0.828 bits per heavy atom. The number of piperidine rings is 2. The van der Waals surface area contributed by atoms with Crippen molar-refractivity contribution in [2.45, 2.75) is 134 Å². The van der Waals surface area contributed by atoms with Crippen LogP contribution < -0.4 is 19.7 Å². The molecular weight excluding hydrogens is 730 g/mol. The highest BCUT2D eigenvalue weighted by Crippen LogP contribution is 2.41. The topological polar surface area (TPSA) is 86.7 Å². The van der Waals surface area contributed by atoms with E-state index in [0.29, 0.717) is 37.2 Å². The smallest absolute Gasteiger partial charge is 0.328 e. The lowest BCUT2D eigenvalue weighted by Crippen LogP contribution is -2.59. The fourth-order valence-electron chi connectivity index (χ4n) is 8.79. The lowest BCUT2D eigenvalue weighted by Gasteiger charge is -2.47. The summed E-state index contributed by atoms with van der Waals surface area (Å²) in [6, 6.07) is 22.9. The molecule has 1 spiro atoms. The Morgan fingerprint density at radius 2 is 1.43 bits per heavy atom. The average Bonchev–Trinajstić information content (AvgIpc) is 3.45. The number of anilines is 1. The molecule has 3 heterocycles. The highest BCUT2D eigenvalue weighted by atomic mass is 19.1. The molecule has 4 aliphatic rings. The van der Waals surface area contributed by atoms with Crippen molar-refractivity contribution < 1.29 is 23.5 Å². The van der Waals surface area contributed by atoms with Crippen molar-refractivity contribution in [2.24, 2.45) is 4.99 Å². The van der Waals surface area contributed by atoms with Crippen LogP contribution >= 0.6 is 0 Å². The summed E-state index contributed by atoms with van der Waals surface area (Å²) >= 11 is 0. The minimum atomic E-state index is -0.666. The van der Waals surface area contributed by atoms with Crippen LogP contribution in [0.15, 0.2) is 103 Å². The van der Waals surface area contributed by atoms with Crippen molar-refractivity contribution in [2.75, 3.05) is 18.0 Å². The van der Waals surface area contributed by atoms with E-state index in [1.165, 1.54) is 42.5 Å². The summed E-state index contributed by atoms with van der Waals surface area (Å²) in [5, 5.41) is 3.11. The second-order valence-corrected chi connectivity index (χ2v) is 16.7. The number of aliphatic imine (C=N–C) groups is 1. The fourth-order valence-corrected chi connectivity index (χ4v) is 8.79. The van der Waals surface area contributed by atoms with Gasteiger partial charge in [0.15, 0.2) is 0 Å². The highest BCUT2D eigenvalue weighted by Gasteiger charge is 2.55. The van der Waals surface area contributed by atoms with Crippen LogP contribution in [-0.4, -0.2) is 76.4 Å². The maximum atomic E-state index is 14.3. The van der Waals surface area contributed by atoms with E-state index in [-0.39, 0.29) is 42.2 Å². The maximum absolute atomic E-state index is 14.3. The average molecular weight is 792 g/mol. The van der Waals surface area contributed by atoms with Crippen LogP contribution in [0.3, 0.4) is 0 Å². The fraction of sp³-hybridized carbons (Fsp3) is 0.479. The molecule has 10 heteroatoms. The van der Waals surface area contributed by atoms with Crippen LogP contribution in [0.2, 0.25) is 0 Å². The molecule has 2 amide bonds. The molecule has 7 rings (SSSR count). The number of benzene rings is 3. The summed E-state index contributed by atoms with van der Waals surface area (Å²) in [5.41, 5.74) is 2.28. The minimum Gasteiger partial charge on any atom is -0.491 e. The van der Waals surface area contributed by atoms with Crippen molar-refractivity contribution in [1.82, 2.24) is 15.1 Å². The van der Waals surface area contributed by atoms with Gasteiger partial charge in [0, 0.05) is 56.8 Å². The van der Waals surface area contributed by atoms with Crippen LogP contribution in [0.5, 0.6) is 11.5 Å². The molecule has 0 radical (unpaired) electrons. The maximum Gasteiger partial charge on any atom is 0.328 e. The molecule has 58 heavy (non-hydrogen) atoms. The van der Waals surface area contributed by atoms with Gasteiger partial charge in [-0.2, -0.15) is 0 Å². The number of ketones is 1. The summed E-state index contributed by atoms with van der Waals surface area (Å²) in [6.07, 6.45) is 12.4. The van der Waals surface area contributed by atoms with Crippen molar-refractivity contribution in [3.05, 3.63) is 115 Å². The quantitative estimate of drug-likeness (QED) is 0.184. The molecule has 1 aliphatic carbocycles. The summed E-state index contributed by atoms with van der Waals surface area (Å²) in [4.78, 5) is 36.6. The standard InChI is InChI=1S/C31H39FN4O2.C17H23NO2/c1-4-26-20-31(16-17-35(26)21-23-10-8-15-28(18-23)38-22(2)3)29(33-25-12-6-5-7-13-25)34-30(37)36(31)27-14-9-11-24(32)19-27;1-4-15-11-16(19)8-9-18(15)12-14-6-5-7-17(10-14)20-13(2)3/h4,8-11,14-15,18-19,22,25-26H,1,5-7,12-13,16-17,20-21H2,2-3H3,(H,33,34,37);4-7,10,13,15H,1,8-9,11-12H2,2-3H3/t26-,31+;/m0./s1. The lowest BCUT2D eigenvalue weighted by atomic mass is 9.80. The Morgan fingerprint density at radius 3 is 2.02 bits per heavy atom. The second kappa shape index (κ2) is 19.8. The van der Waals surface area contributed by atoms with Crippen molar-refractivity contribution >= 4 is 23.3 Å². The Hall–Kier alpha value is -4.80. The van der Waals surface area contributed by atoms with E-state index in [4.69, 9.17) is 14.5 Å². The van der Waals surface area contributed by atoms with Gasteiger partial charge in [-0.3, -0.25) is 29.8 Å². The number of ether oxygens (including phenoxy) is 2. The van der Waals surface area contributed by atoms with E-state index < -0.39 is 5.54 Å². The van der Waals surface area contributed by atoms with Crippen molar-refractivity contribution in [1.29, 1.82) is 0 Å². The molecule has 3 saturated heterocycles. The predicted molar refractivity (Wildman–Crippen MR) is 231 cm³/mol. The Kier molecular flexibility index (Phi) is 14.6. The third-order valence-electron chi connectivity index (χ3n) is 11.5. The first-order valence-corrected chi connectivity index (χ1v) is 21.2. The summed E-state index contributed by atoms with van der Waals surface area (Å²) in [7, 11) is 0. The van der Waals surface area contributed by atoms with Gasteiger partial charge in [-0.15, -0.1) is 13.2 Å². The van der Waals surface area contributed by atoms with Crippen LogP contribution in [0.4, 0.5) is 14.9 Å². The van der Waals surface area contributed by atoms with Crippen molar-refractivity contribution in [3.8, 4) is 11.5 Å². The molecule has 3 atom stereocenters. The van der Waals surface area contributed by atoms with E-state index in [1.54, 1.807) is 11.0 Å². The zero-order chi connectivity index (χ0) is 41.2. The Balaban J connectivity index is 0.000000239. The number of Topliss-reactive ketones (excluding diaryl/α,β-unsaturated/α-hetero) is 1. The number of nitrogens with one attached hydrogen (secondary N) is 1. The third kappa shape index (κ3) is 10.8. The number of carbonyl (C=O) groups is 2.